The summed E-state index contributed by atoms with van der Waals surface area (Å²) in [6.07, 6.45) is 0.121. The summed E-state index contributed by atoms with van der Waals surface area (Å²) in [6.45, 7) is 0. The van der Waals surface area contributed by atoms with E-state index in [4.69, 9.17) is 11.5 Å². The minimum atomic E-state index is -2.75. The van der Waals surface area contributed by atoms with Gasteiger partial charge in [0, 0.05) is 22.7 Å². The van der Waals surface area contributed by atoms with Gasteiger partial charge in [-0.05, 0) is 74.8 Å². The number of likely N-dealkylation sites (N-methyl/N-ethyl adjacent to an activating group) is 1. The van der Waals surface area contributed by atoms with Crippen molar-refractivity contribution in [1.82, 2.24) is 4.90 Å². The van der Waals surface area contributed by atoms with Crippen molar-refractivity contribution < 1.29 is 34.2 Å². The first-order chi connectivity index (χ1) is 18.4. The van der Waals surface area contributed by atoms with Crippen LogP contribution >= 0.6 is 0 Å². The molecule has 0 saturated heterocycles. The Morgan fingerprint density at radius 1 is 1.03 bits per heavy atom. The molecule has 2 fully saturated rings. The van der Waals surface area contributed by atoms with Crippen LogP contribution in [0.1, 0.15) is 33.5 Å². The second-order valence-electron chi connectivity index (χ2n) is 10.6. The van der Waals surface area contributed by atoms with Crippen molar-refractivity contribution in [1.29, 1.82) is 0 Å². The van der Waals surface area contributed by atoms with E-state index in [1.807, 2.05) is 0 Å². The van der Waals surface area contributed by atoms with Crippen LogP contribution in [0.15, 0.2) is 36.4 Å². The number of nitrogens with zero attached hydrogens (tertiary/aromatic N) is 1. The Bertz CT molecular complexity index is 1520. The van der Waals surface area contributed by atoms with E-state index in [0.717, 1.165) is 0 Å². The van der Waals surface area contributed by atoms with Crippen LogP contribution in [-0.2, 0) is 25.6 Å². The number of primary amides is 1. The lowest BCUT2D eigenvalue weighted by molar-refractivity contribution is -0.181. The molecule has 2 aromatic carbocycles. The number of amides is 1. The number of benzene rings is 2. The first-order valence-corrected chi connectivity index (χ1v) is 12.4. The maximum absolute atomic E-state index is 13.8. The molecule has 10 nitrogen and oxygen atoms in total. The number of hydrogen-bond acceptors (Lipinski definition) is 9. The summed E-state index contributed by atoms with van der Waals surface area (Å²) in [5.74, 6) is -4.78. The number of ketones is 4. The number of carbonyl (C=O) groups excluding carboxylic acids is 5. The summed E-state index contributed by atoms with van der Waals surface area (Å²) in [5, 5.41) is 22.2. The minimum absolute atomic E-state index is 0.0234. The zero-order chi connectivity index (χ0) is 28.4. The van der Waals surface area contributed by atoms with Crippen molar-refractivity contribution in [2.75, 3.05) is 19.8 Å². The lowest BCUT2D eigenvalue weighted by Crippen LogP contribution is -2.74. The van der Waals surface area contributed by atoms with Crippen molar-refractivity contribution >= 4 is 34.7 Å². The van der Waals surface area contributed by atoms with Gasteiger partial charge in [-0.2, -0.15) is 0 Å². The number of phenols is 1. The molecule has 0 spiro atoms. The van der Waals surface area contributed by atoms with Crippen molar-refractivity contribution in [2.24, 2.45) is 29.4 Å². The topological polar surface area (TPSA) is 181 Å². The molecule has 200 valence electrons. The van der Waals surface area contributed by atoms with E-state index in [1.165, 1.54) is 25.1 Å². The van der Waals surface area contributed by atoms with Gasteiger partial charge in [-0.1, -0.05) is 11.8 Å². The summed E-state index contributed by atoms with van der Waals surface area (Å²) in [7, 11) is 3.08. The smallest absolute Gasteiger partial charge is 0.235 e. The number of anilines is 1. The van der Waals surface area contributed by atoms with Gasteiger partial charge in [-0.3, -0.25) is 28.9 Å². The van der Waals surface area contributed by atoms with Crippen molar-refractivity contribution in [3.63, 3.8) is 0 Å². The standard InChI is InChI=1S/C29H27N3O7/c1-32(2)23-18-12-15-11-17-14(6-3-13-4-8-16(30)9-5-13)7-10-19(33)21(17)24(34)20(15)26(36)29(18,39)27(37)22(25(23)35)28(31)38/h4-5,7-10,15,18,20,22-23,33,39H,11-12,30H2,1-2H3,(H2,31,38)/t15-,18-,20?,22?,23-,29-/m1/s1. The Kier molecular flexibility index (Phi) is 6.17. The second kappa shape index (κ2) is 9.15. The van der Waals surface area contributed by atoms with Crippen LogP contribution < -0.4 is 11.5 Å². The second-order valence-corrected chi connectivity index (χ2v) is 10.6. The van der Waals surface area contributed by atoms with Crippen molar-refractivity contribution in [3.8, 4) is 17.6 Å². The van der Waals surface area contributed by atoms with E-state index in [-0.39, 0.29) is 24.2 Å². The Labute approximate surface area is 224 Å². The number of Topliss-reactive ketones (excluding diaryl/α,β-unsaturated/α-hetero) is 4. The summed E-state index contributed by atoms with van der Waals surface area (Å²) in [6, 6.07) is 8.64. The molecular formula is C29H27N3O7. The van der Waals surface area contributed by atoms with E-state index in [9.17, 15) is 34.2 Å². The van der Waals surface area contributed by atoms with E-state index in [1.54, 1.807) is 30.3 Å². The molecule has 3 aliphatic carbocycles. The zero-order valence-electron chi connectivity index (χ0n) is 21.3. The van der Waals surface area contributed by atoms with Crippen LogP contribution in [-0.4, -0.2) is 69.9 Å². The molecule has 39 heavy (non-hydrogen) atoms. The first-order valence-electron chi connectivity index (χ1n) is 12.4. The molecule has 0 aromatic heterocycles. The fourth-order valence-corrected chi connectivity index (χ4v) is 6.43. The fraction of sp³-hybridized carbons (Fsp3) is 0.345. The molecule has 0 bridgehead atoms. The third-order valence-electron chi connectivity index (χ3n) is 8.20. The highest BCUT2D eigenvalue weighted by molar-refractivity contribution is 6.32. The number of nitrogens with two attached hydrogens (primary N) is 2. The molecule has 10 heteroatoms. The summed E-state index contributed by atoms with van der Waals surface area (Å²) in [4.78, 5) is 67.5. The lowest BCUT2D eigenvalue weighted by atomic mass is 9.52. The molecule has 0 radical (unpaired) electrons. The predicted octanol–water partition coefficient (Wildman–Crippen LogP) is -0.151. The predicted molar refractivity (Wildman–Crippen MR) is 138 cm³/mol. The molecule has 6 N–H and O–H groups in total. The highest BCUT2D eigenvalue weighted by atomic mass is 16.3. The molecule has 2 aromatic rings. The SMILES string of the molecule is CN(C)[C@H]1C(=O)C(C(N)=O)C(=O)[C@]2(O)C(=O)C3C(=O)c4c(O)ccc(C#Cc5ccc(N)cc5)c4C[C@@H]3C[C@H]12. The first kappa shape index (κ1) is 26.3. The Morgan fingerprint density at radius 3 is 2.31 bits per heavy atom. The zero-order valence-corrected chi connectivity index (χ0v) is 21.3. The van der Waals surface area contributed by atoms with Gasteiger partial charge in [0.25, 0.3) is 0 Å². The van der Waals surface area contributed by atoms with Gasteiger partial charge in [0.2, 0.25) is 5.91 Å². The van der Waals surface area contributed by atoms with E-state index in [0.29, 0.717) is 22.4 Å². The Balaban J connectivity index is 1.61. The quantitative estimate of drug-likeness (QED) is 0.234. The normalized spacial score (nSPS) is 29.7. The van der Waals surface area contributed by atoms with Gasteiger partial charge < -0.3 is 21.7 Å². The van der Waals surface area contributed by atoms with Crippen LogP contribution in [0.3, 0.4) is 0 Å². The number of aliphatic hydroxyl groups is 1. The Morgan fingerprint density at radius 2 is 1.69 bits per heavy atom. The number of phenolic OH excluding ortho intramolecular Hbond substituents is 1. The van der Waals surface area contributed by atoms with Gasteiger partial charge in [-0.15, -0.1) is 0 Å². The molecule has 6 atom stereocenters. The highest BCUT2D eigenvalue weighted by Gasteiger charge is 2.69. The van der Waals surface area contributed by atoms with Crippen LogP contribution in [0.4, 0.5) is 5.69 Å². The van der Waals surface area contributed by atoms with Crippen molar-refractivity contribution in [2.45, 2.75) is 24.5 Å². The minimum Gasteiger partial charge on any atom is -0.507 e. The highest BCUT2D eigenvalue weighted by Crippen LogP contribution is 2.50. The summed E-state index contributed by atoms with van der Waals surface area (Å²) >= 11 is 0. The number of hydrogen-bond donors (Lipinski definition) is 4. The van der Waals surface area contributed by atoms with E-state index >= 15 is 0 Å². The third kappa shape index (κ3) is 3.85. The molecule has 0 aliphatic heterocycles. The number of carbonyl (C=O) groups is 5. The molecule has 2 unspecified atom stereocenters. The van der Waals surface area contributed by atoms with E-state index < -0.39 is 64.4 Å². The van der Waals surface area contributed by atoms with E-state index in [2.05, 4.69) is 11.8 Å². The number of fused-ring (bicyclic) bond motifs is 3. The van der Waals surface area contributed by atoms with Gasteiger partial charge in [0.15, 0.2) is 34.7 Å². The van der Waals surface area contributed by atoms with Crippen LogP contribution in [0.2, 0.25) is 0 Å². The van der Waals surface area contributed by atoms with Gasteiger partial charge >= 0.3 is 0 Å². The largest absolute Gasteiger partial charge is 0.507 e. The third-order valence-corrected chi connectivity index (χ3v) is 8.20. The van der Waals surface area contributed by atoms with Gasteiger partial charge in [0.05, 0.1) is 17.5 Å². The summed E-state index contributed by atoms with van der Waals surface area (Å²) < 4.78 is 0. The van der Waals surface area contributed by atoms with Crippen LogP contribution in [0.25, 0.3) is 0 Å². The molecule has 2 saturated carbocycles. The van der Waals surface area contributed by atoms with Crippen LogP contribution in [0, 0.1) is 35.5 Å². The average Bonchev–Trinajstić information content (AvgIpc) is 2.86. The lowest BCUT2D eigenvalue weighted by Gasteiger charge is -2.52. The maximum atomic E-state index is 13.8. The monoisotopic (exact) mass is 529 g/mol. The summed E-state index contributed by atoms with van der Waals surface area (Å²) in [5.41, 5.74) is 10.4. The van der Waals surface area contributed by atoms with Gasteiger partial charge in [-0.25, -0.2) is 0 Å². The number of nitrogen functional groups attached to an aromatic ring is 1. The maximum Gasteiger partial charge on any atom is 0.235 e. The number of aromatic hydroxyl groups is 1. The number of rotatable bonds is 2. The average molecular weight is 530 g/mol. The van der Waals surface area contributed by atoms with Crippen molar-refractivity contribution in [3.05, 3.63) is 58.7 Å². The molecule has 1 amide bonds. The Hall–Kier alpha value is -4.33. The molecular weight excluding hydrogens is 502 g/mol. The molecule has 3 aliphatic rings. The molecule has 5 rings (SSSR count). The van der Waals surface area contributed by atoms with Gasteiger partial charge in [0.1, 0.15) is 5.75 Å². The molecule has 0 heterocycles. The fourth-order valence-electron chi connectivity index (χ4n) is 6.43. The van der Waals surface area contributed by atoms with Crippen LogP contribution in [0.5, 0.6) is 5.75 Å².